The van der Waals surface area contributed by atoms with Crippen molar-refractivity contribution < 1.29 is 4.74 Å². The molecule has 3 aromatic rings. The maximum Gasteiger partial charge on any atom is 0.255 e. The SMILES string of the molecule is [B]c1ccc(-n2ccc(COc3ccccc3)cc2=O)cc1. The quantitative estimate of drug-likeness (QED) is 0.689. The normalized spacial score (nSPS) is 10.4. The molecule has 3 rings (SSSR count). The van der Waals surface area contributed by atoms with E-state index in [2.05, 4.69) is 0 Å². The molecule has 0 unspecified atom stereocenters. The topological polar surface area (TPSA) is 31.2 Å². The van der Waals surface area contributed by atoms with Gasteiger partial charge in [-0.3, -0.25) is 9.36 Å². The summed E-state index contributed by atoms with van der Waals surface area (Å²) >= 11 is 0. The number of ether oxygens (including phenoxy) is 1. The van der Waals surface area contributed by atoms with Crippen LogP contribution in [0.15, 0.2) is 77.7 Å². The molecule has 0 fully saturated rings. The summed E-state index contributed by atoms with van der Waals surface area (Å²) in [7, 11) is 5.66. The van der Waals surface area contributed by atoms with Gasteiger partial charge in [0.1, 0.15) is 20.2 Å². The van der Waals surface area contributed by atoms with E-state index in [1.807, 2.05) is 48.5 Å². The van der Waals surface area contributed by atoms with Gasteiger partial charge in [-0.25, -0.2) is 0 Å². The van der Waals surface area contributed by atoms with Crippen molar-refractivity contribution in [3.63, 3.8) is 0 Å². The van der Waals surface area contributed by atoms with E-state index in [0.717, 1.165) is 17.0 Å². The second-order valence-corrected chi connectivity index (χ2v) is 4.94. The van der Waals surface area contributed by atoms with Gasteiger partial charge in [0.05, 0.1) is 0 Å². The summed E-state index contributed by atoms with van der Waals surface area (Å²) in [6.45, 7) is 0.363. The third-order valence-corrected chi connectivity index (χ3v) is 3.30. The van der Waals surface area contributed by atoms with Crippen LogP contribution < -0.4 is 15.8 Å². The molecule has 2 radical (unpaired) electrons. The molecular weight excluding hydrogens is 273 g/mol. The van der Waals surface area contributed by atoms with Gasteiger partial charge in [-0.2, -0.15) is 0 Å². The van der Waals surface area contributed by atoms with E-state index < -0.39 is 0 Å². The van der Waals surface area contributed by atoms with Crippen LogP contribution in [0.5, 0.6) is 5.75 Å². The van der Waals surface area contributed by atoms with Crippen LogP contribution in [0, 0.1) is 0 Å². The molecule has 0 aliphatic heterocycles. The summed E-state index contributed by atoms with van der Waals surface area (Å²) in [5.74, 6) is 0.783. The average Bonchev–Trinajstić information content (AvgIpc) is 2.55. The smallest absolute Gasteiger partial charge is 0.255 e. The minimum absolute atomic E-state index is 0.0982. The van der Waals surface area contributed by atoms with Gasteiger partial charge in [0.15, 0.2) is 0 Å². The summed E-state index contributed by atoms with van der Waals surface area (Å²) in [4.78, 5) is 12.2. The number of rotatable bonds is 4. The summed E-state index contributed by atoms with van der Waals surface area (Å²) in [6, 6.07) is 20.2. The average molecular weight is 287 g/mol. The highest BCUT2D eigenvalue weighted by Gasteiger charge is 2.02. The summed E-state index contributed by atoms with van der Waals surface area (Å²) < 4.78 is 7.22. The van der Waals surface area contributed by atoms with Gasteiger partial charge in [0, 0.05) is 18.0 Å². The van der Waals surface area contributed by atoms with E-state index >= 15 is 0 Å². The second kappa shape index (κ2) is 6.35. The fourth-order valence-corrected chi connectivity index (χ4v) is 2.14. The lowest BCUT2D eigenvalue weighted by Gasteiger charge is -2.09. The molecule has 0 aliphatic carbocycles. The van der Waals surface area contributed by atoms with Crippen LogP contribution in [0.3, 0.4) is 0 Å². The van der Waals surface area contributed by atoms with Crippen molar-refractivity contribution in [3.8, 4) is 11.4 Å². The number of para-hydroxylation sites is 1. The molecule has 0 saturated heterocycles. The van der Waals surface area contributed by atoms with Crippen LogP contribution >= 0.6 is 0 Å². The van der Waals surface area contributed by atoms with Gasteiger partial charge in [0.2, 0.25) is 0 Å². The third-order valence-electron chi connectivity index (χ3n) is 3.30. The fourth-order valence-electron chi connectivity index (χ4n) is 2.14. The number of nitrogens with zero attached hydrogens (tertiary/aromatic N) is 1. The Morgan fingerprint density at radius 1 is 0.955 bits per heavy atom. The summed E-state index contributed by atoms with van der Waals surface area (Å²) in [5, 5.41) is 0. The highest BCUT2D eigenvalue weighted by atomic mass is 16.5. The Hall–Kier alpha value is -2.75. The largest absolute Gasteiger partial charge is 0.489 e. The molecule has 0 atom stereocenters. The zero-order chi connectivity index (χ0) is 15.4. The van der Waals surface area contributed by atoms with Crippen LogP contribution in [-0.2, 0) is 6.61 Å². The minimum Gasteiger partial charge on any atom is -0.489 e. The first kappa shape index (κ1) is 14.2. The van der Waals surface area contributed by atoms with Crippen LogP contribution in [0.25, 0.3) is 5.69 Å². The summed E-state index contributed by atoms with van der Waals surface area (Å²) in [5.41, 5.74) is 2.19. The highest BCUT2D eigenvalue weighted by molar-refractivity contribution is 6.32. The molecule has 0 amide bonds. The fraction of sp³-hybridized carbons (Fsp3) is 0.0556. The van der Waals surface area contributed by atoms with Crippen molar-refractivity contribution in [3.05, 3.63) is 88.8 Å². The lowest BCUT2D eigenvalue weighted by Crippen LogP contribution is -2.18. The predicted octanol–water partition coefficient (Wildman–Crippen LogP) is 2.21. The Morgan fingerprint density at radius 2 is 1.68 bits per heavy atom. The predicted molar refractivity (Wildman–Crippen MR) is 88.2 cm³/mol. The number of benzene rings is 2. The van der Waals surface area contributed by atoms with E-state index in [9.17, 15) is 4.79 Å². The van der Waals surface area contributed by atoms with E-state index in [1.165, 1.54) is 0 Å². The lowest BCUT2D eigenvalue weighted by atomic mass is 9.96. The number of pyridine rings is 1. The Morgan fingerprint density at radius 3 is 2.36 bits per heavy atom. The molecule has 1 aromatic heterocycles. The Labute approximate surface area is 130 Å². The number of hydrogen-bond donors (Lipinski definition) is 0. The zero-order valence-corrected chi connectivity index (χ0v) is 12.0. The molecular formula is C18H14BNO2. The molecule has 2 aromatic carbocycles. The van der Waals surface area contributed by atoms with Crippen LogP contribution in [0.2, 0.25) is 0 Å². The highest BCUT2D eigenvalue weighted by Crippen LogP contribution is 2.11. The van der Waals surface area contributed by atoms with Crippen molar-refractivity contribution in [2.24, 2.45) is 0 Å². The van der Waals surface area contributed by atoms with E-state index in [4.69, 9.17) is 12.6 Å². The molecule has 0 saturated carbocycles. The van der Waals surface area contributed by atoms with Gasteiger partial charge >= 0.3 is 0 Å². The third kappa shape index (κ3) is 3.28. The number of aromatic nitrogens is 1. The van der Waals surface area contributed by atoms with Crippen LogP contribution in [-0.4, -0.2) is 12.4 Å². The Balaban J connectivity index is 1.77. The van der Waals surface area contributed by atoms with Crippen LogP contribution in [0.4, 0.5) is 0 Å². The van der Waals surface area contributed by atoms with Crippen LogP contribution in [0.1, 0.15) is 5.56 Å². The number of hydrogen-bond acceptors (Lipinski definition) is 2. The first-order valence-corrected chi connectivity index (χ1v) is 6.98. The maximum atomic E-state index is 12.2. The molecule has 22 heavy (non-hydrogen) atoms. The van der Waals surface area contributed by atoms with E-state index in [1.54, 1.807) is 29.0 Å². The van der Waals surface area contributed by atoms with E-state index in [-0.39, 0.29) is 5.56 Å². The molecule has 0 N–H and O–H groups in total. The molecule has 0 aliphatic rings. The van der Waals surface area contributed by atoms with Crippen molar-refractivity contribution in [2.45, 2.75) is 6.61 Å². The molecule has 4 heteroatoms. The van der Waals surface area contributed by atoms with Gasteiger partial charge in [-0.05, 0) is 35.9 Å². The Bertz CT molecular complexity index is 810. The Kier molecular flexibility index (Phi) is 4.10. The first-order valence-electron chi connectivity index (χ1n) is 6.98. The zero-order valence-electron chi connectivity index (χ0n) is 12.0. The monoisotopic (exact) mass is 287 g/mol. The van der Waals surface area contributed by atoms with Crippen molar-refractivity contribution in [2.75, 3.05) is 0 Å². The van der Waals surface area contributed by atoms with Crippen molar-refractivity contribution in [1.29, 1.82) is 0 Å². The van der Waals surface area contributed by atoms with E-state index in [0.29, 0.717) is 12.1 Å². The molecule has 1 heterocycles. The van der Waals surface area contributed by atoms with Gasteiger partial charge < -0.3 is 4.74 Å². The molecule has 3 nitrogen and oxygen atoms in total. The molecule has 0 bridgehead atoms. The van der Waals surface area contributed by atoms with Gasteiger partial charge in [0.25, 0.3) is 5.56 Å². The standard InChI is InChI=1S/C18H14BNO2/c19-15-6-8-16(9-7-15)20-11-10-14(12-18(20)21)13-22-17-4-2-1-3-5-17/h1-12H,13H2. The molecule has 106 valence electrons. The maximum absolute atomic E-state index is 12.2. The van der Waals surface area contributed by atoms with Crippen molar-refractivity contribution in [1.82, 2.24) is 4.57 Å². The lowest BCUT2D eigenvalue weighted by molar-refractivity contribution is 0.306. The second-order valence-electron chi connectivity index (χ2n) is 4.94. The first-order chi connectivity index (χ1) is 10.7. The summed E-state index contributed by atoms with van der Waals surface area (Å²) in [6.07, 6.45) is 1.75. The van der Waals surface area contributed by atoms with Crippen molar-refractivity contribution >= 4 is 13.3 Å². The molecule has 0 spiro atoms. The minimum atomic E-state index is -0.0982. The van der Waals surface area contributed by atoms with Gasteiger partial charge in [-0.1, -0.05) is 35.8 Å². The van der Waals surface area contributed by atoms with Gasteiger partial charge in [-0.15, -0.1) is 0 Å².